The molecule has 2 rings (SSSR count). The molecule has 18 heavy (non-hydrogen) atoms. The molecular weight excluding hydrogens is 228 g/mol. The Kier molecular flexibility index (Phi) is 4.24. The normalized spacial score (nSPS) is 17.6. The first kappa shape index (κ1) is 12.9. The molecule has 0 bridgehead atoms. The molecule has 0 saturated heterocycles. The first-order valence-corrected chi connectivity index (χ1v) is 6.59. The molecule has 3 nitrogen and oxygen atoms in total. The molecule has 3 heteroatoms. The molecule has 1 unspecified atom stereocenters. The van der Waals surface area contributed by atoms with Crippen LogP contribution >= 0.6 is 0 Å². The Morgan fingerprint density at radius 3 is 2.78 bits per heavy atom. The van der Waals surface area contributed by atoms with Crippen molar-refractivity contribution in [2.24, 2.45) is 11.8 Å². The van der Waals surface area contributed by atoms with Crippen LogP contribution in [0.15, 0.2) is 24.3 Å². The van der Waals surface area contributed by atoms with Crippen molar-refractivity contribution >= 4 is 5.97 Å². The summed E-state index contributed by atoms with van der Waals surface area (Å²) in [6, 6.07) is 7.74. The van der Waals surface area contributed by atoms with Crippen molar-refractivity contribution in [2.75, 3.05) is 6.61 Å². The first-order chi connectivity index (χ1) is 8.66. The maximum atomic E-state index is 11.3. The first-order valence-electron chi connectivity index (χ1n) is 6.59. The number of benzene rings is 1. The molecular formula is C15H20O3. The smallest absolute Gasteiger partial charge is 0.310 e. The summed E-state index contributed by atoms with van der Waals surface area (Å²) in [5.41, 5.74) is 1.13. The monoisotopic (exact) mass is 248 g/mol. The van der Waals surface area contributed by atoms with E-state index in [0.29, 0.717) is 0 Å². The van der Waals surface area contributed by atoms with Crippen molar-refractivity contribution in [3.05, 3.63) is 29.8 Å². The molecule has 1 aliphatic rings. The van der Waals surface area contributed by atoms with E-state index in [1.165, 1.54) is 0 Å². The van der Waals surface area contributed by atoms with Crippen molar-refractivity contribution in [3.8, 4) is 5.75 Å². The van der Waals surface area contributed by atoms with Gasteiger partial charge in [-0.05, 0) is 43.4 Å². The lowest BCUT2D eigenvalue weighted by Gasteiger charge is -2.19. The number of carboxylic acids is 1. The minimum atomic E-state index is -0.727. The van der Waals surface area contributed by atoms with Crippen LogP contribution in [-0.2, 0) is 4.79 Å². The molecule has 1 aromatic rings. The van der Waals surface area contributed by atoms with Gasteiger partial charge in [-0.3, -0.25) is 4.79 Å². The summed E-state index contributed by atoms with van der Waals surface area (Å²) in [6.45, 7) is 2.28. The zero-order chi connectivity index (χ0) is 13.0. The van der Waals surface area contributed by atoms with Gasteiger partial charge in [0.05, 0.1) is 5.92 Å². The molecule has 1 aliphatic carbocycles. The van der Waals surface area contributed by atoms with Crippen molar-refractivity contribution in [1.82, 2.24) is 0 Å². The largest absolute Gasteiger partial charge is 0.493 e. The molecule has 0 aliphatic heterocycles. The van der Waals surface area contributed by atoms with Gasteiger partial charge >= 0.3 is 5.97 Å². The van der Waals surface area contributed by atoms with Crippen molar-refractivity contribution in [1.29, 1.82) is 0 Å². The molecule has 0 radical (unpaired) electrons. The highest BCUT2D eigenvalue weighted by Gasteiger charge is 2.31. The number of carboxylic acid groups (broad SMARTS) is 1. The molecule has 0 amide bonds. The molecule has 1 saturated carbocycles. The van der Waals surface area contributed by atoms with Crippen molar-refractivity contribution in [2.45, 2.75) is 32.6 Å². The Morgan fingerprint density at radius 1 is 1.44 bits per heavy atom. The Balaban J connectivity index is 1.95. The Bertz CT molecular complexity index is 408. The van der Waals surface area contributed by atoms with Crippen LogP contribution in [0.25, 0.3) is 0 Å². The quantitative estimate of drug-likeness (QED) is 0.870. The number of aryl methyl sites for hydroxylation is 1. The van der Waals surface area contributed by atoms with Gasteiger partial charge in [0.25, 0.3) is 0 Å². The zero-order valence-electron chi connectivity index (χ0n) is 10.8. The molecule has 0 heterocycles. The van der Waals surface area contributed by atoms with Gasteiger partial charge in [-0.1, -0.05) is 25.0 Å². The summed E-state index contributed by atoms with van der Waals surface area (Å²) in [4.78, 5) is 11.3. The third-order valence-corrected chi connectivity index (χ3v) is 3.71. The zero-order valence-corrected chi connectivity index (χ0v) is 10.8. The molecule has 1 fully saturated rings. The number of hydrogen-bond acceptors (Lipinski definition) is 2. The van der Waals surface area contributed by atoms with Crippen molar-refractivity contribution in [3.63, 3.8) is 0 Å². The lowest BCUT2D eigenvalue weighted by molar-refractivity contribution is -0.144. The summed E-state index contributed by atoms with van der Waals surface area (Å²) in [5.74, 6) is -0.0471. The van der Waals surface area contributed by atoms with E-state index in [1.807, 2.05) is 31.2 Å². The van der Waals surface area contributed by atoms with Crippen LogP contribution in [0.4, 0.5) is 0 Å². The fourth-order valence-corrected chi connectivity index (χ4v) is 2.66. The highest BCUT2D eigenvalue weighted by molar-refractivity contribution is 5.70. The lowest BCUT2D eigenvalue weighted by Crippen LogP contribution is -2.28. The van der Waals surface area contributed by atoms with Crippen LogP contribution in [0.1, 0.15) is 31.2 Å². The van der Waals surface area contributed by atoms with Crippen LogP contribution < -0.4 is 4.74 Å². The molecule has 1 N–H and O–H groups in total. The Labute approximate surface area is 108 Å². The number of hydrogen-bond donors (Lipinski definition) is 1. The van der Waals surface area contributed by atoms with Crippen LogP contribution in [0, 0.1) is 18.8 Å². The van der Waals surface area contributed by atoms with Crippen molar-refractivity contribution < 1.29 is 14.6 Å². The van der Waals surface area contributed by atoms with E-state index >= 15 is 0 Å². The van der Waals surface area contributed by atoms with E-state index < -0.39 is 5.97 Å². The maximum Gasteiger partial charge on any atom is 0.310 e. The predicted octanol–water partition coefficient (Wildman–Crippen LogP) is 3.26. The number of aliphatic carboxylic acids is 1. The molecule has 0 spiro atoms. The third-order valence-electron chi connectivity index (χ3n) is 3.71. The summed E-state index contributed by atoms with van der Waals surface area (Å²) in [7, 11) is 0. The minimum absolute atomic E-state index is 0.281. The Morgan fingerprint density at radius 2 is 2.17 bits per heavy atom. The Hall–Kier alpha value is -1.51. The van der Waals surface area contributed by atoms with Gasteiger partial charge < -0.3 is 9.84 Å². The fourth-order valence-electron chi connectivity index (χ4n) is 2.66. The second-order valence-corrected chi connectivity index (χ2v) is 5.12. The van der Waals surface area contributed by atoms with Gasteiger partial charge in [0.15, 0.2) is 0 Å². The highest BCUT2D eigenvalue weighted by atomic mass is 16.5. The molecule has 1 aromatic carbocycles. The van der Waals surface area contributed by atoms with Gasteiger partial charge in [-0.25, -0.2) is 0 Å². The SMILES string of the molecule is Cc1cccc(OCC(C(=O)O)C2CCCC2)c1. The predicted molar refractivity (Wildman–Crippen MR) is 69.8 cm³/mol. The van der Waals surface area contributed by atoms with E-state index in [0.717, 1.165) is 37.0 Å². The summed E-state index contributed by atoms with van der Waals surface area (Å²) in [6.07, 6.45) is 4.35. The summed E-state index contributed by atoms with van der Waals surface area (Å²) < 4.78 is 5.64. The average Bonchev–Trinajstić information content (AvgIpc) is 2.82. The van der Waals surface area contributed by atoms with E-state index in [2.05, 4.69) is 0 Å². The van der Waals surface area contributed by atoms with Gasteiger partial charge in [0, 0.05) is 0 Å². The van der Waals surface area contributed by atoms with E-state index in [1.54, 1.807) is 0 Å². The third kappa shape index (κ3) is 3.25. The highest BCUT2D eigenvalue weighted by Crippen LogP contribution is 2.32. The van der Waals surface area contributed by atoms with Gasteiger partial charge in [0.2, 0.25) is 0 Å². The van der Waals surface area contributed by atoms with Gasteiger partial charge in [-0.15, -0.1) is 0 Å². The molecule has 98 valence electrons. The number of ether oxygens (including phenoxy) is 1. The molecule has 1 atom stereocenters. The van der Waals surface area contributed by atoms with Crippen LogP contribution in [-0.4, -0.2) is 17.7 Å². The van der Waals surface area contributed by atoms with Gasteiger partial charge in [-0.2, -0.15) is 0 Å². The summed E-state index contributed by atoms with van der Waals surface area (Å²) >= 11 is 0. The molecule has 0 aromatic heterocycles. The summed E-state index contributed by atoms with van der Waals surface area (Å²) in [5, 5.41) is 9.29. The van der Waals surface area contributed by atoms with Gasteiger partial charge in [0.1, 0.15) is 12.4 Å². The fraction of sp³-hybridized carbons (Fsp3) is 0.533. The lowest BCUT2D eigenvalue weighted by atomic mass is 9.92. The number of carbonyl (C=O) groups is 1. The average molecular weight is 248 g/mol. The van der Waals surface area contributed by atoms with E-state index in [-0.39, 0.29) is 18.4 Å². The van der Waals surface area contributed by atoms with E-state index in [4.69, 9.17) is 4.74 Å². The van der Waals surface area contributed by atoms with E-state index in [9.17, 15) is 9.90 Å². The van der Waals surface area contributed by atoms with Crippen LogP contribution in [0.2, 0.25) is 0 Å². The van der Waals surface area contributed by atoms with Crippen LogP contribution in [0.5, 0.6) is 5.75 Å². The topological polar surface area (TPSA) is 46.5 Å². The van der Waals surface area contributed by atoms with Crippen LogP contribution in [0.3, 0.4) is 0 Å². The second kappa shape index (κ2) is 5.89. The second-order valence-electron chi connectivity index (χ2n) is 5.12. The standard InChI is InChI=1S/C15H20O3/c1-11-5-4-8-13(9-11)18-10-14(15(16)17)12-6-2-3-7-12/h4-5,8-9,12,14H,2-3,6-7,10H2,1H3,(H,16,17). The maximum absolute atomic E-state index is 11.3. The minimum Gasteiger partial charge on any atom is -0.493 e. The number of rotatable bonds is 5.